The van der Waals surface area contributed by atoms with Gasteiger partial charge >= 0.3 is 0 Å². The van der Waals surface area contributed by atoms with Crippen LogP contribution in [0.15, 0.2) is 18.2 Å². The summed E-state index contributed by atoms with van der Waals surface area (Å²) in [6.45, 7) is 4.81. The van der Waals surface area contributed by atoms with Gasteiger partial charge in [0.05, 0.1) is 12.7 Å². The fraction of sp³-hybridized carbons (Fsp3) is 0.588. The summed E-state index contributed by atoms with van der Waals surface area (Å²) < 4.78 is 32.2. The predicted octanol–water partition coefficient (Wildman–Crippen LogP) is 2.22. The van der Waals surface area contributed by atoms with E-state index < -0.39 is 17.7 Å². The van der Waals surface area contributed by atoms with Crippen LogP contribution in [0.1, 0.15) is 31.7 Å². The molecule has 1 aromatic rings. The highest BCUT2D eigenvalue weighted by Gasteiger charge is 2.45. The van der Waals surface area contributed by atoms with Crippen molar-refractivity contribution < 1.29 is 23.4 Å². The van der Waals surface area contributed by atoms with E-state index in [-0.39, 0.29) is 36.5 Å². The average molecular weight is 327 g/mol. The van der Waals surface area contributed by atoms with Crippen molar-refractivity contribution in [2.24, 2.45) is 11.8 Å². The van der Waals surface area contributed by atoms with Crippen LogP contribution in [0.25, 0.3) is 0 Å². The molecule has 128 valence electrons. The molecule has 0 bridgehead atoms. The van der Waals surface area contributed by atoms with E-state index in [4.69, 9.17) is 4.74 Å². The Kier molecular flexibility index (Phi) is 6.07. The molecule has 3 unspecified atom stereocenters. The molecule has 1 aromatic carbocycles. The third kappa shape index (κ3) is 4.97. The lowest BCUT2D eigenvalue weighted by Gasteiger charge is -2.13. The normalized spacial score (nSPS) is 21.3. The van der Waals surface area contributed by atoms with Gasteiger partial charge in [0.1, 0.15) is 0 Å². The van der Waals surface area contributed by atoms with Crippen LogP contribution >= 0.6 is 0 Å². The van der Waals surface area contributed by atoms with Crippen LogP contribution in [0.4, 0.5) is 8.78 Å². The van der Waals surface area contributed by atoms with Crippen LogP contribution in [0.3, 0.4) is 0 Å². The van der Waals surface area contributed by atoms with Gasteiger partial charge in [0.2, 0.25) is 5.91 Å². The summed E-state index contributed by atoms with van der Waals surface area (Å²) in [5.41, 5.74) is 0.242. The molecular formula is C17H23F2NO3. The molecule has 0 heterocycles. The number of carbonyl (C=O) groups excluding carboxylic acids is 1. The first-order valence-corrected chi connectivity index (χ1v) is 7.87. The van der Waals surface area contributed by atoms with E-state index in [1.807, 2.05) is 13.8 Å². The van der Waals surface area contributed by atoms with Crippen molar-refractivity contribution >= 4 is 5.91 Å². The number of hydrogen-bond donors (Lipinski definition) is 2. The standard InChI is InChI=1S/C17H23F2NO3/c1-10(2)8-23-9-11(21)7-20-17(22)14-6-13(14)12-4-3-5-15(18)16(12)19/h3-5,10-11,13-14,21H,6-9H2,1-2H3,(H,20,22). The number of nitrogens with one attached hydrogen (secondary N) is 1. The van der Waals surface area contributed by atoms with Crippen molar-refractivity contribution in [3.8, 4) is 0 Å². The van der Waals surface area contributed by atoms with E-state index >= 15 is 0 Å². The van der Waals surface area contributed by atoms with E-state index in [2.05, 4.69) is 5.32 Å². The predicted molar refractivity (Wildman–Crippen MR) is 81.9 cm³/mol. The Labute approximate surface area is 134 Å². The molecule has 1 aliphatic carbocycles. The molecule has 3 atom stereocenters. The van der Waals surface area contributed by atoms with Gasteiger partial charge in [0, 0.05) is 19.1 Å². The summed E-state index contributed by atoms with van der Waals surface area (Å²) in [6.07, 6.45) is -0.285. The van der Waals surface area contributed by atoms with E-state index in [0.717, 1.165) is 6.07 Å². The molecule has 2 N–H and O–H groups in total. The Bertz CT molecular complexity index is 551. The van der Waals surface area contributed by atoms with Crippen molar-refractivity contribution in [3.63, 3.8) is 0 Å². The van der Waals surface area contributed by atoms with Crippen LogP contribution in [-0.2, 0) is 9.53 Å². The van der Waals surface area contributed by atoms with Crippen molar-refractivity contribution in [2.75, 3.05) is 19.8 Å². The van der Waals surface area contributed by atoms with E-state index in [1.54, 1.807) is 0 Å². The first-order valence-electron chi connectivity index (χ1n) is 7.87. The number of aliphatic hydroxyl groups is 1. The number of ether oxygens (including phenoxy) is 1. The highest BCUT2D eigenvalue weighted by molar-refractivity contribution is 5.82. The first kappa shape index (κ1) is 17.8. The fourth-order valence-electron chi connectivity index (χ4n) is 2.48. The van der Waals surface area contributed by atoms with Crippen LogP contribution in [0, 0.1) is 23.5 Å². The smallest absolute Gasteiger partial charge is 0.223 e. The number of benzene rings is 1. The molecule has 0 spiro atoms. The maximum absolute atomic E-state index is 13.7. The van der Waals surface area contributed by atoms with Gasteiger partial charge in [-0.25, -0.2) is 8.78 Å². The summed E-state index contributed by atoms with van der Waals surface area (Å²) in [5.74, 6) is -2.30. The molecule has 4 nitrogen and oxygen atoms in total. The molecule has 2 rings (SSSR count). The maximum Gasteiger partial charge on any atom is 0.223 e. The van der Waals surface area contributed by atoms with Gasteiger partial charge < -0.3 is 15.2 Å². The van der Waals surface area contributed by atoms with Gasteiger partial charge in [0.25, 0.3) is 0 Å². The molecule has 0 saturated heterocycles. The van der Waals surface area contributed by atoms with Gasteiger partial charge in [0.15, 0.2) is 11.6 Å². The van der Waals surface area contributed by atoms with Gasteiger partial charge in [-0.3, -0.25) is 4.79 Å². The maximum atomic E-state index is 13.7. The van der Waals surface area contributed by atoms with Crippen molar-refractivity contribution in [1.29, 1.82) is 0 Å². The molecule has 1 amide bonds. The lowest BCUT2D eigenvalue weighted by molar-refractivity contribution is -0.123. The number of rotatable bonds is 8. The van der Waals surface area contributed by atoms with Crippen molar-refractivity contribution in [3.05, 3.63) is 35.4 Å². The Morgan fingerprint density at radius 3 is 2.83 bits per heavy atom. The second-order valence-electron chi connectivity index (χ2n) is 6.42. The van der Waals surface area contributed by atoms with E-state index in [9.17, 15) is 18.7 Å². The minimum Gasteiger partial charge on any atom is -0.389 e. The van der Waals surface area contributed by atoms with Crippen LogP contribution in [0.5, 0.6) is 0 Å². The molecule has 1 aliphatic rings. The zero-order valence-corrected chi connectivity index (χ0v) is 13.4. The topological polar surface area (TPSA) is 58.6 Å². The Balaban J connectivity index is 1.75. The fourth-order valence-corrected chi connectivity index (χ4v) is 2.48. The van der Waals surface area contributed by atoms with Crippen molar-refractivity contribution in [1.82, 2.24) is 5.32 Å². The highest BCUT2D eigenvalue weighted by atomic mass is 19.2. The van der Waals surface area contributed by atoms with E-state index in [0.29, 0.717) is 18.9 Å². The second kappa shape index (κ2) is 7.84. The number of hydrogen-bond acceptors (Lipinski definition) is 3. The molecule has 1 saturated carbocycles. The van der Waals surface area contributed by atoms with Crippen molar-refractivity contribution in [2.45, 2.75) is 32.3 Å². The summed E-state index contributed by atoms with van der Waals surface area (Å²) in [6, 6.07) is 4.01. The van der Waals surface area contributed by atoms with Gasteiger partial charge in [-0.05, 0) is 29.9 Å². The summed E-state index contributed by atoms with van der Waals surface area (Å²) >= 11 is 0. The Hall–Kier alpha value is -1.53. The quantitative estimate of drug-likeness (QED) is 0.770. The third-order valence-corrected chi connectivity index (χ3v) is 3.78. The number of aliphatic hydroxyl groups excluding tert-OH is 1. The number of halogens is 2. The lowest BCUT2D eigenvalue weighted by Crippen LogP contribution is -2.35. The average Bonchev–Trinajstić information content (AvgIpc) is 3.27. The zero-order chi connectivity index (χ0) is 17.0. The monoisotopic (exact) mass is 327 g/mol. The third-order valence-electron chi connectivity index (χ3n) is 3.78. The highest BCUT2D eigenvalue weighted by Crippen LogP contribution is 2.48. The molecule has 6 heteroatoms. The molecule has 1 fully saturated rings. The minimum atomic E-state index is -0.897. The van der Waals surface area contributed by atoms with Gasteiger partial charge in [-0.15, -0.1) is 0 Å². The van der Waals surface area contributed by atoms with Gasteiger partial charge in [-0.1, -0.05) is 26.0 Å². The second-order valence-corrected chi connectivity index (χ2v) is 6.42. The van der Waals surface area contributed by atoms with Crippen LogP contribution in [-0.4, -0.2) is 36.9 Å². The summed E-state index contributed by atoms with van der Waals surface area (Å²) in [5, 5.41) is 12.4. The van der Waals surface area contributed by atoms with Crippen LogP contribution in [0.2, 0.25) is 0 Å². The lowest BCUT2D eigenvalue weighted by atomic mass is 10.1. The van der Waals surface area contributed by atoms with Gasteiger partial charge in [-0.2, -0.15) is 0 Å². The minimum absolute atomic E-state index is 0.0891. The molecule has 0 aliphatic heterocycles. The zero-order valence-electron chi connectivity index (χ0n) is 13.4. The van der Waals surface area contributed by atoms with E-state index in [1.165, 1.54) is 12.1 Å². The molecule has 0 aromatic heterocycles. The first-order chi connectivity index (χ1) is 10.9. The largest absolute Gasteiger partial charge is 0.389 e. The Morgan fingerprint density at radius 1 is 1.39 bits per heavy atom. The summed E-state index contributed by atoms with van der Waals surface area (Å²) in [7, 11) is 0. The molecule has 0 radical (unpaired) electrons. The number of amides is 1. The molecule has 23 heavy (non-hydrogen) atoms. The van der Waals surface area contributed by atoms with Crippen LogP contribution < -0.4 is 5.32 Å². The number of carbonyl (C=O) groups is 1. The molecular weight excluding hydrogens is 304 g/mol. The summed E-state index contributed by atoms with van der Waals surface area (Å²) in [4.78, 5) is 12.0. The SMILES string of the molecule is CC(C)COCC(O)CNC(=O)C1CC1c1cccc(F)c1F. The Morgan fingerprint density at radius 2 is 2.13 bits per heavy atom.